The summed E-state index contributed by atoms with van der Waals surface area (Å²) in [6.45, 7) is 1.99. The molecule has 0 saturated carbocycles. The van der Waals surface area contributed by atoms with Gasteiger partial charge in [0.1, 0.15) is 0 Å². The minimum Gasteiger partial charge on any atom is -0.340 e. The van der Waals surface area contributed by atoms with E-state index in [1.54, 1.807) is 6.92 Å². The van der Waals surface area contributed by atoms with Crippen LogP contribution in [0.4, 0.5) is 10.5 Å². The average Bonchev–Trinajstić information content (AvgIpc) is 3.24. The molecular formula is C17H20N4O2. The summed E-state index contributed by atoms with van der Waals surface area (Å²) >= 11 is 0. The van der Waals surface area contributed by atoms with Gasteiger partial charge in [-0.05, 0) is 60.8 Å². The maximum Gasteiger partial charge on any atom is 0.319 e. The molecule has 2 amide bonds. The Morgan fingerprint density at radius 1 is 1.17 bits per heavy atom. The molecule has 2 aromatic rings. The average molecular weight is 312 g/mol. The molecule has 0 radical (unpaired) electrons. The molecule has 0 unspecified atom stereocenters. The standard InChI is InChI=1S/C17H20N4O2/c1-10-19-15(21-23-10)9-18-17(22)20-16-13-6-2-4-11(13)8-12-5-3-7-14(12)16/h8H,2-7,9H2,1H3,(H2,18,20,22). The number of hydrogen-bond donors (Lipinski definition) is 2. The lowest BCUT2D eigenvalue weighted by Crippen LogP contribution is -2.29. The van der Waals surface area contributed by atoms with Gasteiger partial charge in [-0.2, -0.15) is 4.98 Å². The van der Waals surface area contributed by atoms with Gasteiger partial charge in [-0.15, -0.1) is 0 Å². The Labute approximate surface area is 134 Å². The van der Waals surface area contributed by atoms with Crippen molar-refractivity contribution in [2.45, 2.75) is 52.0 Å². The van der Waals surface area contributed by atoms with Gasteiger partial charge in [0.15, 0.2) is 5.82 Å². The van der Waals surface area contributed by atoms with Crippen molar-refractivity contribution in [3.8, 4) is 0 Å². The lowest BCUT2D eigenvalue weighted by molar-refractivity contribution is 0.251. The summed E-state index contributed by atoms with van der Waals surface area (Å²) < 4.78 is 4.90. The van der Waals surface area contributed by atoms with Crippen molar-refractivity contribution < 1.29 is 9.32 Å². The van der Waals surface area contributed by atoms with Gasteiger partial charge in [-0.25, -0.2) is 4.79 Å². The maximum absolute atomic E-state index is 12.3. The molecule has 2 aliphatic carbocycles. The lowest BCUT2D eigenvalue weighted by Gasteiger charge is -2.16. The summed E-state index contributed by atoms with van der Waals surface area (Å²) in [6, 6.07) is 2.15. The molecule has 1 aromatic carbocycles. The Morgan fingerprint density at radius 2 is 1.87 bits per heavy atom. The van der Waals surface area contributed by atoms with E-state index in [0.29, 0.717) is 11.7 Å². The summed E-state index contributed by atoms with van der Waals surface area (Å²) in [5.74, 6) is 0.988. The van der Waals surface area contributed by atoms with Gasteiger partial charge in [0, 0.05) is 12.6 Å². The normalized spacial score (nSPS) is 15.3. The molecule has 0 saturated heterocycles. The number of fused-ring (bicyclic) bond motifs is 2. The molecular weight excluding hydrogens is 292 g/mol. The van der Waals surface area contributed by atoms with Crippen molar-refractivity contribution in [3.05, 3.63) is 40.0 Å². The highest BCUT2D eigenvalue weighted by atomic mass is 16.5. The number of aromatic nitrogens is 2. The molecule has 2 N–H and O–H groups in total. The number of amides is 2. The first-order chi connectivity index (χ1) is 11.2. The van der Waals surface area contributed by atoms with Crippen LogP contribution in [0.5, 0.6) is 0 Å². The topological polar surface area (TPSA) is 80.0 Å². The summed E-state index contributed by atoms with van der Waals surface area (Å²) in [4.78, 5) is 16.4. The van der Waals surface area contributed by atoms with E-state index >= 15 is 0 Å². The highest BCUT2D eigenvalue weighted by molar-refractivity contribution is 5.92. The van der Waals surface area contributed by atoms with Crippen LogP contribution in [-0.2, 0) is 32.2 Å². The molecule has 6 heteroatoms. The third-order valence-corrected chi connectivity index (χ3v) is 4.69. The molecule has 4 rings (SSSR count). The quantitative estimate of drug-likeness (QED) is 0.913. The Kier molecular flexibility index (Phi) is 3.52. The van der Waals surface area contributed by atoms with Crippen LogP contribution in [-0.4, -0.2) is 16.2 Å². The molecule has 2 aliphatic rings. The molecule has 120 valence electrons. The number of carbonyl (C=O) groups excluding carboxylic acids is 1. The van der Waals surface area contributed by atoms with Crippen LogP contribution < -0.4 is 10.6 Å². The number of anilines is 1. The van der Waals surface area contributed by atoms with Crippen LogP contribution in [0.2, 0.25) is 0 Å². The number of benzene rings is 1. The van der Waals surface area contributed by atoms with Gasteiger partial charge in [-0.3, -0.25) is 0 Å². The summed E-state index contributed by atoms with van der Waals surface area (Å²) in [5.41, 5.74) is 6.53. The van der Waals surface area contributed by atoms with Gasteiger partial charge < -0.3 is 15.2 Å². The number of rotatable bonds is 3. The van der Waals surface area contributed by atoms with Crippen LogP contribution in [0.25, 0.3) is 0 Å². The van der Waals surface area contributed by atoms with Crippen LogP contribution in [0.1, 0.15) is 46.8 Å². The number of aryl methyl sites for hydroxylation is 3. The molecule has 1 aromatic heterocycles. The van der Waals surface area contributed by atoms with Gasteiger partial charge in [-0.1, -0.05) is 11.2 Å². The van der Waals surface area contributed by atoms with Crippen molar-refractivity contribution in [1.29, 1.82) is 0 Å². The molecule has 6 nitrogen and oxygen atoms in total. The zero-order chi connectivity index (χ0) is 15.8. The number of carbonyl (C=O) groups is 1. The van der Waals surface area contributed by atoms with Crippen LogP contribution in [0.3, 0.4) is 0 Å². The molecule has 0 fully saturated rings. The largest absolute Gasteiger partial charge is 0.340 e. The highest BCUT2D eigenvalue weighted by Gasteiger charge is 2.24. The van der Waals surface area contributed by atoms with E-state index in [1.807, 2.05) is 0 Å². The fourth-order valence-corrected chi connectivity index (χ4v) is 3.70. The fourth-order valence-electron chi connectivity index (χ4n) is 3.70. The van der Waals surface area contributed by atoms with E-state index in [1.165, 1.54) is 35.1 Å². The van der Waals surface area contributed by atoms with E-state index in [-0.39, 0.29) is 12.6 Å². The molecule has 0 bridgehead atoms. The minimum atomic E-state index is -0.207. The van der Waals surface area contributed by atoms with E-state index in [4.69, 9.17) is 4.52 Å². The van der Waals surface area contributed by atoms with Crippen molar-refractivity contribution in [2.75, 3.05) is 5.32 Å². The Morgan fingerprint density at radius 3 is 2.48 bits per heavy atom. The van der Waals surface area contributed by atoms with Crippen LogP contribution >= 0.6 is 0 Å². The number of nitrogens with zero attached hydrogens (tertiary/aromatic N) is 2. The first-order valence-corrected chi connectivity index (χ1v) is 8.21. The maximum atomic E-state index is 12.3. The summed E-state index contributed by atoms with van der Waals surface area (Å²) in [5, 5.41) is 9.67. The lowest BCUT2D eigenvalue weighted by atomic mass is 9.99. The van der Waals surface area contributed by atoms with Gasteiger partial charge in [0.05, 0.1) is 6.54 Å². The Bertz CT molecular complexity index is 734. The minimum absolute atomic E-state index is 0.207. The zero-order valence-corrected chi connectivity index (χ0v) is 13.2. The van der Waals surface area contributed by atoms with Crippen molar-refractivity contribution >= 4 is 11.7 Å². The Balaban J connectivity index is 1.51. The number of urea groups is 1. The van der Waals surface area contributed by atoms with E-state index in [9.17, 15) is 4.79 Å². The number of hydrogen-bond acceptors (Lipinski definition) is 4. The molecule has 1 heterocycles. The second kappa shape index (κ2) is 5.68. The Hall–Kier alpha value is -2.37. The molecule has 0 spiro atoms. The second-order valence-electron chi connectivity index (χ2n) is 6.27. The monoisotopic (exact) mass is 312 g/mol. The molecule has 0 atom stereocenters. The van der Waals surface area contributed by atoms with E-state index in [2.05, 4.69) is 26.8 Å². The van der Waals surface area contributed by atoms with E-state index in [0.717, 1.165) is 31.4 Å². The van der Waals surface area contributed by atoms with Crippen molar-refractivity contribution in [1.82, 2.24) is 15.5 Å². The fraction of sp³-hybridized carbons (Fsp3) is 0.471. The van der Waals surface area contributed by atoms with Crippen molar-refractivity contribution in [2.24, 2.45) is 0 Å². The van der Waals surface area contributed by atoms with Crippen LogP contribution in [0, 0.1) is 6.92 Å². The first kappa shape index (κ1) is 14.2. The van der Waals surface area contributed by atoms with Crippen LogP contribution in [0.15, 0.2) is 10.6 Å². The number of nitrogens with one attached hydrogen (secondary N) is 2. The van der Waals surface area contributed by atoms with Gasteiger partial charge >= 0.3 is 6.03 Å². The van der Waals surface area contributed by atoms with Gasteiger partial charge in [0.25, 0.3) is 0 Å². The smallest absolute Gasteiger partial charge is 0.319 e. The van der Waals surface area contributed by atoms with Crippen molar-refractivity contribution in [3.63, 3.8) is 0 Å². The third-order valence-electron chi connectivity index (χ3n) is 4.69. The second-order valence-corrected chi connectivity index (χ2v) is 6.27. The first-order valence-electron chi connectivity index (χ1n) is 8.21. The highest BCUT2D eigenvalue weighted by Crippen LogP contribution is 2.38. The summed E-state index contributed by atoms with van der Waals surface area (Å²) in [7, 11) is 0. The van der Waals surface area contributed by atoms with E-state index < -0.39 is 0 Å². The third kappa shape index (κ3) is 2.69. The zero-order valence-electron chi connectivity index (χ0n) is 13.2. The molecule has 23 heavy (non-hydrogen) atoms. The predicted octanol–water partition coefficient (Wildman–Crippen LogP) is 2.68. The molecule has 0 aliphatic heterocycles. The predicted molar refractivity (Wildman–Crippen MR) is 85.4 cm³/mol. The van der Waals surface area contributed by atoms with Gasteiger partial charge in [0.2, 0.25) is 5.89 Å². The summed E-state index contributed by atoms with van der Waals surface area (Å²) in [6.07, 6.45) is 6.72. The SMILES string of the molecule is Cc1nc(CNC(=O)Nc2c3c(cc4c2CCC4)CCC3)no1.